The normalized spacial score (nSPS) is 18.0. The molecule has 1 aliphatic heterocycles. The first-order chi connectivity index (χ1) is 15.9. The minimum absolute atomic E-state index is 0.0623. The summed E-state index contributed by atoms with van der Waals surface area (Å²) in [5, 5.41) is 0.899. The van der Waals surface area contributed by atoms with Gasteiger partial charge in [-0.15, -0.1) is 0 Å². The van der Waals surface area contributed by atoms with Crippen LogP contribution in [0.1, 0.15) is 29.9 Å². The van der Waals surface area contributed by atoms with Crippen LogP contribution >= 0.6 is 0 Å². The zero-order chi connectivity index (χ0) is 23.7. The minimum atomic E-state index is -0.698. The Morgan fingerprint density at radius 2 is 2.00 bits per heavy atom. The van der Waals surface area contributed by atoms with Crippen LogP contribution < -0.4 is 15.1 Å². The lowest BCUT2D eigenvalue weighted by Gasteiger charge is -2.23. The molecule has 0 saturated carbocycles. The lowest BCUT2D eigenvalue weighted by Crippen LogP contribution is -2.26. The summed E-state index contributed by atoms with van der Waals surface area (Å²) in [7, 11) is 3.12. The Labute approximate surface area is 192 Å². The Hall–Kier alpha value is -3.39. The van der Waals surface area contributed by atoms with Gasteiger partial charge in [0.15, 0.2) is 5.75 Å². The fourth-order valence-electron chi connectivity index (χ4n) is 4.50. The summed E-state index contributed by atoms with van der Waals surface area (Å²) in [6, 6.07) is 9.73. The molecule has 3 heterocycles. The van der Waals surface area contributed by atoms with Crippen molar-refractivity contribution in [1.29, 1.82) is 0 Å². The first-order valence-electron chi connectivity index (χ1n) is 11.0. The second-order valence-corrected chi connectivity index (χ2v) is 8.29. The second-order valence-electron chi connectivity index (χ2n) is 8.29. The molecule has 4 rings (SSSR count). The molecular formula is C25H29N3O5. The van der Waals surface area contributed by atoms with E-state index in [1.54, 1.807) is 21.0 Å². The van der Waals surface area contributed by atoms with E-state index in [0.29, 0.717) is 35.2 Å². The maximum Gasteiger partial charge on any atom is 0.344 e. The molecule has 8 nitrogen and oxygen atoms in total. The third-order valence-electron chi connectivity index (χ3n) is 6.14. The molecule has 0 unspecified atom stereocenters. The fraction of sp³-hybridized carbons (Fsp3) is 0.400. The number of nitrogens with one attached hydrogen (secondary N) is 1. The Morgan fingerprint density at radius 3 is 2.67 bits per heavy atom. The van der Waals surface area contributed by atoms with E-state index in [-0.39, 0.29) is 24.0 Å². The number of benzene rings is 1. The van der Waals surface area contributed by atoms with Gasteiger partial charge < -0.3 is 24.1 Å². The van der Waals surface area contributed by atoms with Gasteiger partial charge in [-0.1, -0.05) is 25.1 Å². The van der Waals surface area contributed by atoms with Crippen molar-refractivity contribution in [3.8, 4) is 17.0 Å². The Bertz CT molecular complexity index is 1250. The average Bonchev–Trinajstić information content (AvgIpc) is 3.18. The van der Waals surface area contributed by atoms with Crippen molar-refractivity contribution in [3.05, 3.63) is 51.8 Å². The predicted molar refractivity (Wildman–Crippen MR) is 127 cm³/mol. The monoisotopic (exact) mass is 451 g/mol. The van der Waals surface area contributed by atoms with E-state index in [4.69, 9.17) is 19.2 Å². The van der Waals surface area contributed by atoms with Gasteiger partial charge in [-0.3, -0.25) is 4.79 Å². The number of pyridine rings is 2. The van der Waals surface area contributed by atoms with Crippen LogP contribution in [0.5, 0.6) is 5.75 Å². The Balaban J connectivity index is 2.01. The van der Waals surface area contributed by atoms with Gasteiger partial charge in [-0.25, -0.2) is 9.78 Å². The summed E-state index contributed by atoms with van der Waals surface area (Å²) in [5.74, 6) is 0.380. The summed E-state index contributed by atoms with van der Waals surface area (Å²) < 4.78 is 16.2. The molecule has 8 heteroatoms. The summed E-state index contributed by atoms with van der Waals surface area (Å²) in [4.78, 5) is 36.5. The molecule has 2 atom stereocenters. The van der Waals surface area contributed by atoms with Crippen molar-refractivity contribution >= 4 is 22.7 Å². The van der Waals surface area contributed by atoms with Gasteiger partial charge in [0.25, 0.3) is 0 Å². The molecule has 1 aliphatic rings. The lowest BCUT2D eigenvalue weighted by atomic mass is 10.0. The zero-order valence-electron chi connectivity index (χ0n) is 19.6. The van der Waals surface area contributed by atoms with Crippen molar-refractivity contribution in [2.75, 3.05) is 38.8 Å². The zero-order valence-corrected chi connectivity index (χ0v) is 19.6. The SMILES string of the molecule is CCOC(=O)c1c(-c2cc3ccccc3nc2N2C[C@H](C)[C@H](OC)C2)[nH]c(C)c(OC)c1=O. The first kappa shape index (κ1) is 22.8. The molecule has 0 bridgehead atoms. The van der Waals surface area contributed by atoms with Gasteiger partial charge in [0.1, 0.15) is 11.4 Å². The van der Waals surface area contributed by atoms with Crippen molar-refractivity contribution in [1.82, 2.24) is 9.97 Å². The van der Waals surface area contributed by atoms with Crippen LogP contribution in [0.25, 0.3) is 22.2 Å². The molecule has 0 aliphatic carbocycles. The molecule has 174 valence electrons. The number of methoxy groups -OCH3 is 2. The summed E-state index contributed by atoms with van der Waals surface area (Å²) in [5.41, 5.74) is 1.78. The number of carbonyl (C=O) groups is 1. The molecule has 2 aromatic heterocycles. The smallest absolute Gasteiger partial charge is 0.344 e. The number of rotatable bonds is 6. The number of H-pyrrole nitrogens is 1. The summed E-state index contributed by atoms with van der Waals surface area (Å²) in [6.45, 7) is 7.13. The summed E-state index contributed by atoms with van der Waals surface area (Å²) >= 11 is 0. The number of aryl methyl sites for hydroxylation is 1. The number of carbonyl (C=O) groups excluding carboxylic acids is 1. The molecule has 0 spiro atoms. The van der Waals surface area contributed by atoms with Crippen LogP contribution in [-0.4, -0.2) is 56.0 Å². The van der Waals surface area contributed by atoms with Gasteiger partial charge in [-0.05, 0) is 26.0 Å². The van der Waals surface area contributed by atoms with Crippen molar-refractivity contribution in [2.24, 2.45) is 5.92 Å². The molecule has 1 aromatic carbocycles. The van der Waals surface area contributed by atoms with E-state index >= 15 is 0 Å². The average molecular weight is 452 g/mol. The summed E-state index contributed by atoms with van der Waals surface area (Å²) in [6.07, 6.45) is 0.0623. The van der Waals surface area contributed by atoms with Crippen molar-refractivity contribution in [2.45, 2.75) is 26.9 Å². The van der Waals surface area contributed by atoms with Crippen LogP contribution in [0, 0.1) is 12.8 Å². The van der Waals surface area contributed by atoms with E-state index in [0.717, 1.165) is 17.4 Å². The number of fused-ring (bicyclic) bond motifs is 1. The number of ether oxygens (including phenoxy) is 3. The van der Waals surface area contributed by atoms with Gasteiger partial charge in [0, 0.05) is 37.1 Å². The maximum absolute atomic E-state index is 13.3. The quantitative estimate of drug-likeness (QED) is 0.573. The number of hydrogen-bond acceptors (Lipinski definition) is 7. The number of anilines is 1. The highest BCUT2D eigenvalue weighted by molar-refractivity contribution is 6.00. The Kier molecular flexibility index (Phi) is 6.37. The molecule has 3 aromatic rings. The highest BCUT2D eigenvalue weighted by atomic mass is 16.5. The third kappa shape index (κ3) is 4.06. The molecule has 0 radical (unpaired) electrons. The van der Waals surface area contributed by atoms with Gasteiger partial charge in [0.2, 0.25) is 5.43 Å². The topological polar surface area (TPSA) is 93.8 Å². The lowest BCUT2D eigenvalue weighted by molar-refractivity contribution is 0.0525. The van der Waals surface area contributed by atoms with Crippen LogP contribution in [0.15, 0.2) is 35.1 Å². The molecule has 1 saturated heterocycles. The number of nitrogens with zero attached hydrogens (tertiary/aromatic N) is 2. The standard InChI is InChI=1S/C25H29N3O5/c1-6-33-25(30)20-21(26-15(3)23(32-5)22(20)29)17-11-16-9-7-8-10-18(16)27-24(17)28-12-14(2)19(13-28)31-4/h7-11,14,19H,6,12-13H2,1-5H3,(H,26,29)/t14-,19+/m0/s1. The molecule has 33 heavy (non-hydrogen) atoms. The number of para-hydroxylation sites is 1. The van der Waals surface area contributed by atoms with Gasteiger partial charge >= 0.3 is 5.97 Å². The van der Waals surface area contributed by atoms with Crippen LogP contribution in [-0.2, 0) is 9.47 Å². The van der Waals surface area contributed by atoms with E-state index in [1.807, 2.05) is 30.3 Å². The predicted octanol–water partition coefficient (Wildman–Crippen LogP) is 3.55. The van der Waals surface area contributed by atoms with E-state index in [2.05, 4.69) is 16.8 Å². The minimum Gasteiger partial charge on any atom is -0.491 e. The largest absolute Gasteiger partial charge is 0.491 e. The first-order valence-corrected chi connectivity index (χ1v) is 11.0. The molecule has 0 amide bonds. The number of aromatic amines is 1. The van der Waals surface area contributed by atoms with Crippen LogP contribution in [0.4, 0.5) is 5.82 Å². The maximum atomic E-state index is 13.3. The molecule has 1 N–H and O–H groups in total. The number of esters is 1. The number of aromatic nitrogens is 2. The highest BCUT2D eigenvalue weighted by Crippen LogP contribution is 2.36. The van der Waals surface area contributed by atoms with Crippen molar-refractivity contribution < 1.29 is 19.0 Å². The van der Waals surface area contributed by atoms with E-state index < -0.39 is 11.4 Å². The number of hydrogen-bond donors (Lipinski definition) is 1. The molecular weight excluding hydrogens is 422 g/mol. The molecule has 1 fully saturated rings. The second kappa shape index (κ2) is 9.23. The van der Waals surface area contributed by atoms with Crippen LogP contribution in [0.2, 0.25) is 0 Å². The van der Waals surface area contributed by atoms with Crippen LogP contribution in [0.3, 0.4) is 0 Å². The van der Waals surface area contributed by atoms with Gasteiger partial charge in [-0.2, -0.15) is 0 Å². The fourth-order valence-corrected chi connectivity index (χ4v) is 4.50. The highest BCUT2D eigenvalue weighted by Gasteiger charge is 2.33. The van der Waals surface area contributed by atoms with E-state index in [9.17, 15) is 9.59 Å². The van der Waals surface area contributed by atoms with Gasteiger partial charge in [0.05, 0.1) is 36.7 Å². The van der Waals surface area contributed by atoms with E-state index in [1.165, 1.54) is 7.11 Å². The van der Waals surface area contributed by atoms with Crippen molar-refractivity contribution in [3.63, 3.8) is 0 Å². The Morgan fingerprint density at radius 1 is 1.24 bits per heavy atom. The third-order valence-corrected chi connectivity index (χ3v) is 6.14.